The monoisotopic (exact) mass is 394 g/mol. The number of ether oxygens (including phenoxy) is 1. The molecule has 0 aromatic heterocycles. The summed E-state index contributed by atoms with van der Waals surface area (Å²) in [4.78, 5) is 15.0. The summed E-state index contributed by atoms with van der Waals surface area (Å²) in [5.74, 6) is 0.572. The van der Waals surface area contributed by atoms with Gasteiger partial charge in [0.05, 0.1) is 41.1 Å². The summed E-state index contributed by atoms with van der Waals surface area (Å²) in [7, 11) is 1.55. The molecular formula is C18H16Cl2N2O2S. The molecule has 0 saturated carbocycles. The van der Waals surface area contributed by atoms with Crippen molar-refractivity contribution in [1.82, 2.24) is 0 Å². The van der Waals surface area contributed by atoms with Crippen LogP contribution < -0.4 is 9.64 Å². The molecule has 4 nitrogen and oxygen atoms in total. The van der Waals surface area contributed by atoms with E-state index in [1.54, 1.807) is 42.3 Å². The molecule has 0 aliphatic heterocycles. The number of para-hydroxylation sites is 2. The van der Waals surface area contributed by atoms with E-state index in [0.717, 1.165) is 0 Å². The number of carbonyl (C=O) groups is 1. The number of nitrogens with zero attached hydrogens (tertiary/aromatic N) is 2. The van der Waals surface area contributed by atoms with E-state index in [9.17, 15) is 4.79 Å². The van der Waals surface area contributed by atoms with Gasteiger partial charge in [0.25, 0.3) is 0 Å². The van der Waals surface area contributed by atoms with Gasteiger partial charge in [-0.25, -0.2) is 0 Å². The number of carbonyl (C=O) groups excluding carboxylic acids is 1. The predicted molar refractivity (Wildman–Crippen MR) is 103 cm³/mol. The molecule has 0 fully saturated rings. The molecule has 0 atom stereocenters. The lowest BCUT2D eigenvalue weighted by Crippen LogP contribution is -2.33. The summed E-state index contributed by atoms with van der Waals surface area (Å²) in [5.41, 5.74) is 0.635. The van der Waals surface area contributed by atoms with E-state index in [2.05, 4.69) is 6.07 Å². The van der Waals surface area contributed by atoms with E-state index in [1.165, 1.54) is 11.8 Å². The van der Waals surface area contributed by atoms with Crippen molar-refractivity contribution in [2.24, 2.45) is 0 Å². The quantitative estimate of drug-likeness (QED) is 0.617. The molecular weight excluding hydrogens is 379 g/mol. The number of nitriles is 1. The van der Waals surface area contributed by atoms with Gasteiger partial charge in [0.15, 0.2) is 0 Å². The summed E-state index contributed by atoms with van der Waals surface area (Å²) in [6.45, 7) is 0.284. The fourth-order valence-electron chi connectivity index (χ4n) is 2.23. The zero-order chi connectivity index (χ0) is 18.2. The number of benzene rings is 2. The maximum atomic E-state index is 12.8. The Bertz CT molecular complexity index is 773. The normalized spacial score (nSPS) is 10.2. The van der Waals surface area contributed by atoms with Crippen molar-refractivity contribution in [2.75, 3.05) is 24.3 Å². The number of methoxy groups -OCH3 is 1. The molecule has 2 aromatic rings. The fraction of sp³-hybridized carbons (Fsp3) is 0.222. The van der Waals surface area contributed by atoms with Gasteiger partial charge in [0.1, 0.15) is 5.75 Å². The van der Waals surface area contributed by atoms with Gasteiger partial charge in [-0.3, -0.25) is 4.79 Å². The Morgan fingerprint density at radius 1 is 1.20 bits per heavy atom. The van der Waals surface area contributed by atoms with Crippen LogP contribution in [0.15, 0.2) is 47.4 Å². The lowest BCUT2D eigenvalue weighted by molar-refractivity contribution is -0.116. The van der Waals surface area contributed by atoms with Gasteiger partial charge in [-0.1, -0.05) is 41.4 Å². The second-order valence-corrected chi connectivity index (χ2v) is 6.76. The number of thioether (sulfide) groups is 1. The predicted octanol–water partition coefficient (Wildman–Crippen LogP) is 5.04. The zero-order valence-electron chi connectivity index (χ0n) is 13.5. The van der Waals surface area contributed by atoms with Crippen molar-refractivity contribution in [3.05, 3.63) is 52.5 Å². The lowest BCUT2D eigenvalue weighted by atomic mass is 10.2. The number of rotatable bonds is 7. The van der Waals surface area contributed by atoms with Crippen LogP contribution >= 0.6 is 35.0 Å². The van der Waals surface area contributed by atoms with Gasteiger partial charge < -0.3 is 9.64 Å². The van der Waals surface area contributed by atoms with Crippen LogP contribution in [-0.4, -0.2) is 25.3 Å². The maximum absolute atomic E-state index is 12.8. The molecule has 0 heterocycles. The van der Waals surface area contributed by atoms with Gasteiger partial charge in [-0.15, -0.1) is 11.8 Å². The molecule has 0 bridgehead atoms. The highest BCUT2D eigenvalue weighted by atomic mass is 35.5. The number of halogens is 2. The first kappa shape index (κ1) is 19.5. The average Bonchev–Trinajstić information content (AvgIpc) is 2.62. The van der Waals surface area contributed by atoms with E-state index in [0.29, 0.717) is 26.4 Å². The summed E-state index contributed by atoms with van der Waals surface area (Å²) < 4.78 is 5.33. The Morgan fingerprint density at radius 3 is 2.52 bits per heavy atom. The number of hydrogen-bond acceptors (Lipinski definition) is 4. The van der Waals surface area contributed by atoms with E-state index in [1.807, 2.05) is 12.1 Å². The second-order valence-electron chi connectivity index (χ2n) is 4.96. The van der Waals surface area contributed by atoms with Crippen molar-refractivity contribution in [3.63, 3.8) is 0 Å². The Morgan fingerprint density at radius 2 is 1.88 bits per heavy atom. The van der Waals surface area contributed by atoms with Crippen molar-refractivity contribution in [2.45, 2.75) is 11.3 Å². The molecule has 2 rings (SSSR count). The topological polar surface area (TPSA) is 53.3 Å². The van der Waals surface area contributed by atoms with Gasteiger partial charge in [0.2, 0.25) is 5.91 Å². The first-order chi connectivity index (χ1) is 12.1. The minimum absolute atomic E-state index is 0.146. The highest BCUT2D eigenvalue weighted by Gasteiger charge is 2.20. The Kier molecular flexibility index (Phi) is 7.45. The zero-order valence-corrected chi connectivity index (χ0v) is 15.9. The fourth-order valence-corrected chi connectivity index (χ4v) is 3.79. The van der Waals surface area contributed by atoms with E-state index >= 15 is 0 Å². The molecule has 2 aromatic carbocycles. The molecule has 7 heteroatoms. The number of anilines is 1. The van der Waals surface area contributed by atoms with Gasteiger partial charge in [-0.2, -0.15) is 5.26 Å². The first-order valence-corrected chi connectivity index (χ1v) is 9.19. The average molecular weight is 395 g/mol. The molecule has 0 aliphatic rings. The van der Waals surface area contributed by atoms with Crippen molar-refractivity contribution in [1.29, 1.82) is 5.26 Å². The van der Waals surface area contributed by atoms with Crippen molar-refractivity contribution >= 4 is 46.6 Å². The van der Waals surface area contributed by atoms with Crippen LogP contribution in [0.3, 0.4) is 0 Å². The van der Waals surface area contributed by atoms with Crippen LogP contribution in [0.25, 0.3) is 0 Å². The molecule has 0 spiro atoms. The molecule has 25 heavy (non-hydrogen) atoms. The van der Waals surface area contributed by atoms with E-state index in [-0.39, 0.29) is 24.6 Å². The Labute approximate surface area is 161 Å². The molecule has 0 unspecified atom stereocenters. The lowest BCUT2D eigenvalue weighted by Gasteiger charge is -2.23. The largest absolute Gasteiger partial charge is 0.495 e. The molecule has 130 valence electrons. The molecule has 0 saturated heterocycles. The minimum atomic E-state index is -0.152. The van der Waals surface area contributed by atoms with Gasteiger partial charge in [-0.05, 0) is 24.3 Å². The van der Waals surface area contributed by atoms with E-state index in [4.69, 9.17) is 33.2 Å². The number of hydrogen-bond donors (Lipinski definition) is 0. The van der Waals surface area contributed by atoms with Gasteiger partial charge >= 0.3 is 0 Å². The molecule has 0 radical (unpaired) electrons. The van der Waals surface area contributed by atoms with Crippen molar-refractivity contribution < 1.29 is 9.53 Å². The maximum Gasteiger partial charge on any atom is 0.237 e. The highest BCUT2D eigenvalue weighted by molar-refractivity contribution is 8.00. The standard InChI is InChI=1S/C18H16Cl2N2O2S/c1-24-16-9-3-2-8-15(16)22(11-5-10-21)17(23)12-25-18-13(19)6-4-7-14(18)20/h2-4,6-9H,5,11-12H2,1H3. The molecule has 1 amide bonds. The van der Waals surface area contributed by atoms with Crippen LogP contribution in [0.2, 0.25) is 10.0 Å². The second kappa shape index (κ2) is 9.57. The van der Waals surface area contributed by atoms with Crippen molar-refractivity contribution in [3.8, 4) is 11.8 Å². The summed E-state index contributed by atoms with van der Waals surface area (Å²) in [6.07, 6.45) is 0.224. The first-order valence-electron chi connectivity index (χ1n) is 7.45. The smallest absolute Gasteiger partial charge is 0.237 e. The third-order valence-electron chi connectivity index (χ3n) is 3.38. The summed E-state index contributed by atoms with van der Waals surface area (Å²) in [6, 6.07) is 14.5. The third-order valence-corrected chi connectivity index (χ3v) is 5.36. The summed E-state index contributed by atoms with van der Waals surface area (Å²) in [5, 5.41) is 9.90. The van der Waals surface area contributed by atoms with Crippen LogP contribution in [0.4, 0.5) is 5.69 Å². The third kappa shape index (κ3) is 5.05. The highest BCUT2D eigenvalue weighted by Crippen LogP contribution is 2.35. The van der Waals surface area contributed by atoms with E-state index < -0.39 is 0 Å². The Hall–Kier alpha value is -1.87. The van der Waals surface area contributed by atoms with Crippen LogP contribution in [0.1, 0.15) is 6.42 Å². The van der Waals surface area contributed by atoms with Crippen LogP contribution in [0.5, 0.6) is 5.75 Å². The van der Waals surface area contributed by atoms with Crippen LogP contribution in [0, 0.1) is 11.3 Å². The number of amides is 1. The van der Waals surface area contributed by atoms with Crippen LogP contribution in [-0.2, 0) is 4.79 Å². The Balaban J connectivity index is 2.20. The SMILES string of the molecule is COc1ccccc1N(CCC#N)C(=O)CSc1c(Cl)cccc1Cl. The molecule has 0 aliphatic carbocycles. The molecule has 0 N–H and O–H groups in total. The summed E-state index contributed by atoms with van der Waals surface area (Å²) >= 11 is 13.6. The minimum Gasteiger partial charge on any atom is -0.495 e. The van der Waals surface area contributed by atoms with Gasteiger partial charge in [0, 0.05) is 11.4 Å².